The molecule has 0 amide bonds. The summed E-state index contributed by atoms with van der Waals surface area (Å²) in [5, 5.41) is 3.50. The van der Waals surface area contributed by atoms with Crippen LogP contribution < -0.4 is 5.63 Å². The Bertz CT molecular complexity index is 1260. The molecular weight excluding hydrogens is 399 g/mol. The van der Waals surface area contributed by atoms with Gasteiger partial charge < -0.3 is 9.15 Å². The average Bonchev–Trinajstić information content (AvgIpc) is 2.68. The highest BCUT2D eigenvalue weighted by atomic mass is 35.5. The third kappa shape index (κ3) is 3.75. The fourth-order valence-corrected chi connectivity index (χ4v) is 3.48. The number of hydrogen-bond donors (Lipinski definition) is 0. The number of fused-ring (bicyclic) bond motifs is 3. The number of hydrogen-bond acceptors (Lipinski definition) is 4. The molecule has 4 nitrogen and oxygen atoms in total. The Balaban J connectivity index is 1.62. The lowest BCUT2D eigenvalue weighted by Gasteiger charge is -2.10. The van der Waals surface area contributed by atoms with Crippen molar-refractivity contribution in [3.63, 3.8) is 0 Å². The van der Waals surface area contributed by atoms with Crippen LogP contribution in [0.2, 0.25) is 10.0 Å². The molecule has 1 heterocycles. The molecule has 0 radical (unpaired) electrons. The van der Waals surface area contributed by atoms with Gasteiger partial charge in [-0.3, -0.25) is 4.79 Å². The van der Waals surface area contributed by atoms with E-state index in [9.17, 15) is 9.59 Å². The van der Waals surface area contributed by atoms with Crippen molar-refractivity contribution in [1.29, 1.82) is 0 Å². The summed E-state index contributed by atoms with van der Waals surface area (Å²) in [7, 11) is 0. The maximum Gasteiger partial charge on any atom is 0.336 e. The fraction of sp³-hybridized carbons (Fsp3) is 0.0909. The number of ether oxygens (including phenoxy) is 1. The van der Waals surface area contributed by atoms with Crippen molar-refractivity contribution in [2.24, 2.45) is 0 Å². The number of halogens is 2. The first-order valence-electron chi connectivity index (χ1n) is 8.55. The molecule has 0 N–H and O–H groups in total. The second-order valence-electron chi connectivity index (χ2n) is 6.34. The van der Waals surface area contributed by atoms with Gasteiger partial charge in [0.05, 0.1) is 16.5 Å². The van der Waals surface area contributed by atoms with Crippen molar-refractivity contribution in [2.45, 2.75) is 13.0 Å². The minimum absolute atomic E-state index is 0.0315. The smallest absolute Gasteiger partial charge is 0.336 e. The number of carbonyl (C=O) groups excluding carboxylic acids is 1. The molecule has 4 rings (SSSR count). The summed E-state index contributed by atoms with van der Waals surface area (Å²) in [5.41, 5.74) is 1.27. The molecule has 1 aromatic heterocycles. The lowest BCUT2D eigenvalue weighted by Crippen LogP contribution is -2.10. The maximum atomic E-state index is 12.3. The topological polar surface area (TPSA) is 56.5 Å². The molecular formula is C22H14Cl2O4. The van der Waals surface area contributed by atoms with E-state index in [0.717, 1.165) is 16.2 Å². The molecule has 28 heavy (non-hydrogen) atoms. The van der Waals surface area contributed by atoms with E-state index in [-0.39, 0.29) is 13.0 Å². The predicted molar refractivity (Wildman–Crippen MR) is 110 cm³/mol. The van der Waals surface area contributed by atoms with Crippen LogP contribution in [0, 0.1) is 0 Å². The summed E-state index contributed by atoms with van der Waals surface area (Å²) < 4.78 is 10.7. The number of benzene rings is 3. The van der Waals surface area contributed by atoms with Crippen molar-refractivity contribution in [2.75, 3.05) is 0 Å². The molecule has 0 atom stereocenters. The van der Waals surface area contributed by atoms with E-state index in [1.165, 1.54) is 6.07 Å². The van der Waals surface area contributed by atoms with Crippen LogP contribution in [0.25, 0.3) is 21.7 Å². The Labute approximate surface area is 170 Å². The predicted octanol–water partition coefficient (Wildman–Crippen LogP) is 5.54. The van der Waals surface area contributed by atoms with E-state index in [1.807, 2.05) is 30.3 Å². The van der Waals surface area contributed by atoms with Crippen LogP contribution in [0.5, 0.6) is 0 Å². The SMILES string of the molecule is O=C(Cc1ccc(Cl)c(Cl)c1)OCc1cc(=O)oc2ccc3ccccc3c12. The highest BCUT2D eigenvalue weighted by Gasteiger charge is 2.13. The lowest BCUT2D eigenvalue weighted by atomic mass is 10.0. The number of carbonyl (C=O) groups is 1. The summed E-state index contributed by atoms with van der Waals surface area (Å²) in [6.07, 6.45) is 0.0526. The Morgan fingerprint density at radius 2 is 1.79 bits per heavy atom. The van der Waals surface area contributed by atoms with E-state index in [4.69, 9.17) is 32.4 Å². The van der Waals surface area contributed by atoms with Gasteiger partial charge in [0.1, 0.15) is 12.2 Å². The van der Waals surface area contributed by atoms with E-state index in [0.29, 0.717) is 26.8 Å². The molecule has 0 aliphatic heterocycles. The molecule has 0 fully saturated rings. The Hall–Kier alpha value is -2.82. The van der Waals surface area contributed by atoms with E-state index < -0.39 is 11.6 Å². The van der Waals surface area contributed by atoms with Gasteiger partial charge in [-0.05, 0) is 34.5 Å². The van der Waals surface area contributed by atoms with Gasteiger partial charge in [0, 0.05) is 17.0 Å². The quantitative estimate of drug-likeness (QED) is 0.251. The summed E-state index contributed by atoms with van der Waals surface area (Å²) in [6.45, 7) is -0.0315. The van der Waals surface area contributed by atoms with Gasteiger partial charge in [-0.25, -0.2) is 4.79 Å². The van der Waals surface area contributed by atoms with Crippen LogP contribution >= 0.6 is 23.2 Å². The monoisotopic (exact) mass is 412 g/mol. The fourth-order valence-electron chi connectivity index (χ4n) is 3.16. The highest BCUT2D eigenvalue weighted by molar-refractivity contribution is 6.42. The third-order valence-electron chi connectivity index (χ3n) is 4.44. The normalized spacial score (nSPS) is 11.1. The Kier molecular flexibility index (Phi) is 5.07. The van der Waals surface area contributed by atoms with Crippen LogP contribution in [-0.4, -0.2) is 5.97 Å². The van der Waals surface area contributed by atoms with Crippen LogP contribution in [0.3, 0.4) is 0 Å². The second-order valence-corrected chi connectivity index (χ2v) is 7.15. The molecule has 0 saturated heterocycles. The molecule has 4 aromatic rings. The molecule has 0 aliphatic rings. The van der Waals surface area contributed by atoms with E-state index in [1.54, 1.807) is 24.3 Å². The van der Waals surface area contributed by atoms with Crippen LogP contribution in [-0.2, 0) is 22.6 Å². The first-order valence-corrected chi connectivity index (χ1v) is 9.31. The van der Waals surface area contributed by atoms with Crippen LogP contribution in [0.1, 0.15) is 11.1 Å². The molecule has 6 heteroatoms. The maximum absolute atomic E-state index is 12.3. The number of rotatable bonds is 4. The molecule has 0 bridgehead atoms. The zero-order valence-electron chi connectivity index (χ0n) is 14.6. The zero-order chi connectivity index (χ0) is 19.7. The standard InChI is InChI=1S/C22H14Cl2O4/c23-17-7-5-13(9-18(17)24)10-20(25)27-12-15-11-21(26)28-19-8-6-14-3-1-2-4-16(14)22(15)19/h1-9,11H,10,12H2. The van der Waals surface area contributed by atoms with Crippen molar-refractivity contribution in [3.8, 4) is 0 Å². The van der Waals surface area contributed by atoms with Gasteiger partial charge in [0.25, 0.3) is 0 Å². The third-order valence-corrected chi connectivity index (χ3v) is 5.17. The molecule has 140 valence electrons. The molecule has 0 saturated carbocycles. The minimum atomic E-state index is -0.488. The summed E-state index contributed by atoms with van der Waals surface area (Å²) >= 11 is 11.9. The second kappa shape index (κ2) is 7.66. The van der Waals surface area contributed by atoms with Crippen LogP contribution in [0.4, 0.5) is 0 Å². The van der Waals surface area contributed by atoms with E-state index in [2.05, 4.69) is 0 Å². The van der Waals surface area contributed by atoms with Crippen molar-refractivity contribution < 1.29 is 13.9 Å². The summed E-state index contributed by atoms with van der Waals surface area (Å²) in [6, 6.07) is 17.7. The van der Waals surface area contributed by atoms with Gasteiger partial charge in [-0.2, -0.15) is 0 Å². The zero-order valence-corrected chi connectivity index (χ0v) is 16.1. The summed E-state index contributed by atoms with van der Waals surface area (Å²) in [4.78, 5) is 24.2. The van der Waals surface area contributed by atoms with Crippen molar-refractivity contribution in [1.82, 2.24) is 0 Å². The van der Waals surface area contributed by atoms with Gasteiger partial charge in [0.2, 0.25) is 0 Å². The average molecular weight is 413 g/mol. The summed E-state index contributed by atoms with van der Waals surface area (Å²) in [5.74, 6) is -0.431. The number of esters is 1. The highest BCUT2D eigenvalue weighted by Crippen LogP contribution is 2.28. The molecule has 3 aromatic carbocycles. The van der Waals surface area contributed by atoms with Gasteiger partial charge in [0.15, 0.2) is 0 Å². The first-order chi connectivity index (χ1) is 13.5. The van der Waals surface area contributed by atoms with Crippen molar-refractivity contribution >= 4 is 50.9 Å². The lowest BCUT2D eigenvalue weighted by molar-refractivity contribution is -0.144. The van der Waals surface area contributed by atoms with Gasteiger partial charge in [-0.1, -0.05) is 59.6 Å². The van der Waals surface area contributed by atoms with Crippen molar-refractivity contribution in [3.05, 3.63) is 92.3 Å². The molecule has 0 unspecified atom stereocenters. The van der Waals surface area contributed by atoms with Gasteiger partial charge in [-0.15, -0.1) is 0 Å². The van der Waals surface area contributed by atoms with Crippen LogP contribution in [0.15, 0.2) is 69.9 Å². The Morgan fingerprint density at radius 3 is 2.61 bits per heavy atom. The van der Waals surface area contributed by atoms with Gasteiger partial charge >= 0.3 is 11.6 Å². The minimum Gasteiger partial charge on any atom is -0.461 e. The largest absolute Gasteiger partial charge is 0.461 e. The molecule has 0 spiro atoms. The van der Waals surface area contributed by atoms with E-state index >= 15 is 0 Å². The Morgan fingerprint density at radius 1 is 0.964 bits per heavy atom. The molecule has 0 aliphatic carbocycles. The first kappa shape index (κ1) is 18.5.